The van der Waals surface area contributed by atoms with E-state index in [1.165, 1.54) is 0 Å². The molecule has 9 nitrogen and oxygen atoms in total. The van der Waals surface area contributed by atoms with E-state index in [0.29, 0.717) is 17.8 Å². The van der Waals surface area contributed by atoms with Crippen LogP contribution in [0.15, 0.2) is 56.2 Å². The van der Waals surface area contributed by atoms with Crippen LogP contribution in [0, 0.1) is 0 Å². The van der Waals surface area contributed by atoms with E-state index in [0.717, 1.165) is 0 Å². The lowest BCUT2D eigenvalue weighted by atomic mass is 10.7. The van der Waals surface area contributed by atoms with Crippen LogP contribution in [0.3, 0.4) is 0 Å². The Morgan fingerprint density at radius 3 is 1.10 bits per heavy atom. The molecule has 0 atom stereocenters. The molecule has 0 aromatic carbocycles. The van der Waals surface area contributed by atoms with Crippen LogP contribution >= 0.6 is 0 Å². The summed E-state index contributed by atoms with van der Waals surface area (Å²) in [6.07, 6.45) is 15.2. The standard InChI is InChI=1S/C12H9N9/c1-4-19(7-13-1)10-16-11(20-5-2-14-8-20)18-12(17-10)21-6-3-15-9-21/h1-9H. The van der Waals surface area contributed by atoms with E-state index in [1.54, 1.807) is 69.9 Å². The second-order valence-corrected chi connectivity index (χ2v) is 4.15. The quantitative estimate of drug-likeness (QED) is 0.540. The maximum atomic E-state index is 4.42. The van der Waals surface area contributed by atoms with Crippen LogP contribution in [-0.2, 0) is 0 Å². The fourth-order valence-electron chi connectivity index (χ4n) is 1.82. The van der Waals surface area contributed by atoms with Crippen molar-refractivity contribution in [1.29, 1.82) is 0 Å². The van der Waals surface area contributed by atoms with Crippen molar-refractivity contribution in [2.24, 2.45) is 0 Å². The molecule has 0 fully saturated rings. The van der Waals surface area contributed by atoms with Gasteiger partial charge in [-0.25, -0.2) is 15.0 Å². The number of aromatic nitrogens is 9. The van der Waals surface area contributed by atoms with E-state index in [-0.39, 0.29) is 0 Å². The van der Waals surface area contributed by atoms with Gasteiger partial charge >= 0.3 is 0 Å². The van der Waals surface area contributed by atoms with Gasteiger partial charge in [0.15, 0.2) is 0 Å². The summed E-state index contributed by atoms with van der Waals surface area (Å²) in [5.41, 5.74) is 0. The summed E-state index contributed by atoms with van der Waals surface area (Å²) in [7, 11) is 0. The zero-order valence-corrected chi connectivity index (χ0v) is 10.7. The first kappa shape index (κ1) is 11.5. The van der Waals surface area contributed by atoms with Crippen LogP contribution in [-0.4, -0.2) is 43.6 Å². The number of nitrogens with zero attached hydrogens (tertiary/aromatic N) is 9. The molecule has 0 aliphatic heterocycles. The molecule has 21 heavy (non-hydrogen) atoms. The summed E-state index contributed by atoms with van der Waals surface area (Å²) in [4.78, 5) is 25.3. The Balaban J connectivity index is 1.92. The SMILES string of the molecule is c1cn(-c2nc(-n3ccnc3)nc(-n3ccnc3)n2)cn1. The molecule has 0 spiro atoms. The van der Waals surface area contributed by atoms with Gasteiger partial charge in [-0.2, -0.15) is 15.0 Å². The Hall–Kier alpha value is -3.36. The van der Waals surface area contributed by atoms with Gasteiger partial charge in [-0.15, -0.1) is 0 Å². The second-order valence-electron chi connectivity index (χ2n) is 4.15. The zero-order valence-electron chi connectivity index (χ0n) is 10.7. The molecule has 4 aromatic heterocycles. The van der Waals surface area contributed by atoms with Crippen molar-refractivity contribution in [2.75, 3.05) is 0 Å². The molecule has 4 aromatic rings. The highest BCUT2D eigenvalue weighted by atomic mass is 15.3. The Morgan fingerprint density at radius 1 is 0.524 bits per heavy atom. The fraction of sp³-hybridized carbons (Fsp3) is 0. The van der Waals surface area contributed by atoms with Gasteiger partial charge in [0.25, 0.3) is 0 Å². The molecule has 0 bridgehead atoms. The minimum Gasteiger partial charge on any atom is -0.274 e. The monoisotopic (exact) mass is 279 g/mol. The van der Waals surface area contributed by atoms with Crippen molar-refractivity contribution in [3.05, 3.63) is 56.2 Å². The van der Waals surface area contributed by atoms with Gasteiger partial charge in [-0.05, 0) is 0 Å². The Bertz CT molecular complexity index is 704. The largest absolute Gasteiger partial charge is 0.274 e. The van der Waals surface area contributed by atoms with Gasteiger partial charge < -0.3 is 0 Å². The zero-order chi connectivity index (χ0) is 14.1. The van der Waals surface area contributed by atoms with Gasteiger partial charge in [-0.3, -0.25) is 13.7 Å². The number of hydrogen-bond donors (Lipinski definition) is 0. The van der Waals surface area contributed by atoms with Crippen LogP contribution in [0.2, 0.25) is 0 Å². The molecular formula is C12H9N9. The molecular weight excluding hydrogens is 270 g/mol. The van der Waals surface area contributed by atoms with Gasteiger partial charge in [0.2, 0.25) is 17.8 Å². The van der Waals surface area contributed by atoms with E-state index in [9.17, 15) is 0 Å². The first-order chi connectivity index (χ1) is 10.4. The first-order valence-corrected chi connectivity index (χ1v) is 6.11. The lowest BCUT2D eigenvalue weighted by Crippen LogP contribution is -2.11. The topological polar surface area (TPSA) is 92.1 Å². The minimum atomic E-state index is 0.468. The van der Waals surface area contributed by atoms with Crippen molar-refractivity contribution >= 4 is 0 Å². The molecule has 0 radical (unpaired) electrons. The van der Waals surface area contributed by atoms with Gasteiger partial charge in [0.1, 0.15) is 19.0 Å². The predicted octanol–water partition coefficient (Wildman–Crippen LogP) is 0.429. The lowest BCUT2D eigenvalue weighted by molar-refractivity contribution is 0.796. The summed E-state index contributed by atoms with van der Waals surface area (Å²) < 4.78 is 5.13. The normalized spacial score (nSPS) is 10.9. The van der Waals surface area contributed by atoms with Crippen molar-refractivity contribution in [1.82, 2.24) is 43.6 Å². The molecule has 102 valence electrons. The molecule has 0 N–H and O–H groups in total. The summed E-state index contributed by atoms with van der Waals surface area (Å²) in [6.45, 7) is 0. The lowest BCUT2D eigenvalue weighted by Gasteiger charge is -2.07. The number of rotatable bonds is 3. The van der Waals surface area contributed by atoms with Crippen molar-refractivity contribution in [2.45, 2.75) is 0 Å². The van der Waals surface area contributed by atoms with Gasteiger partial charge in [0.05, 0.1) is 0 Å². The second kappa shape index (κ2) is 4.63. The molecule has 0 aliphatic rings. The van der Waals surface area contributed by atoms with Crippen LogP contribution in [0.5, 0.6) is 0 Å². The third kappa shape index (κ3) is 2.06. The van der Waals surface area contributed by atoms with E-state index in [2.05, 4.69) is 29.9 Å². The third-order valence-corrected chi connectivity index (χ3v) is 2.81. The highest BCUT2D eigenvalue weighted by molar-refractivity contribution is 5.26. The van der Waals surface area contributed by atoms with Crippen LogP contribution in [0.4, 0.5) is 0 Å². The Kier molecular flexibility index (Phi) is 2.53. The van der Waals surface area contributed by atoms with Crippen LogP contribution < -0.4 is 0 Å². The van der Waals surface area contributed by atoms with E-state index in [4.69, 9.17) is 0 Å². The fourth-order valence-corrected chi connectivity index (χ4v) is 1.82. The van der Waals surface area contributed by atoms with Crippen LogP contribution in [0.25, 0.3) is 17.8 Å². The summed E-state index contributed by atoms with van der Waals surface area (Å²) >= 11 is 0. The maximum Gasteiger partial charge on any atom is 0.241 e. The molecule has 4 rings (SSSR count). The molecule has 0 saturated heterocycles. The molecule has 0 saturated carbocycles. The Morgan fingerprint density at radius 2 is 0.857 bits per heavy atom. The molecule has 0 amide bonds. The van der Waals surface area contributed by atoms with Crippen molar-refractivity contribution in [3.8, 4) is 17.8 Å². The summed E-state index contributed by atoms with van der Waals surface area (Å²) in [5, 5.41) is 0. The van der Waals surface area contributed by atoms with E-state index >= 15 is 0 Å². The van der Waals surface area contributed by atoms with Crippen molar-refractivity contribution in [3.63, 3.8) is 0 Å². The molecule has 0 aliphatic carbocycles. The average molecular weight is 279 g/mol. The average Bonchev–Trinajstić information content (AvgIpc) is 3.29. The summed E-state index contributed by atoms with van der Waals surface area (Å²) in [5.74, 6) is 1.40. The highest BCUT2D eigenvalue weighted by Gasteiger charge is 2.10. The number of imidazole rings is 3. The molecule has 4 heterocycles. The van der Waals surface area contributed by atoms with E-state index in [1.807, 2.05) is 0 Å². The minimum absolute atomic E-state index is 0.468. The predicted molar refractivity (Wildman–Crippen MR) is 71.2 cm³/mol. The maximum absolute atomic E-state index is 4.42. The Labute approximate surface area is 118 Å². The summed E-state index contributed by atoms with van der Waals surface area (Å²) in [6, 6.07) is 0. The molecule has 0 unspecified atom stereocenters. The highest BCUT2D eigenvalue weighted by Crippen LogP contribution is 2.09. The number of hydrogen-bond acceptors (Lipinski definition) is 6. The first-order valence-electron chi connectivity index (χ1n) is 6.11. The van der Waals surface area contributed by atoms with Gasteiger partial charge in [-0.1, -0.05) is 0 Å². The van der Waals surface area contributed by atoms with Crippen LogP contribution in [0.1, 0.15) is 0 Å². The smallest absolute Gasteiger partial charge is 0.241 e. The van der Waals surface area contributed by atoms with Crippen molar-refractivity contribution < 1.29 is 0 Å². The molecule has 9 heteroatoms. The van der Waals surface area contributed by atoms with E-state index < -0.39 is 0 Å². The third-order valence-electron chi connectivity index (χ3n) is 2.81. The van der Waals surface area contributed by atoms with Gasteiger partial charge in [0, 0.05) is 37.2 Å².